The van der Waals surface area contributed by atoms with Crippen LogP contribution in [0.1, 0.15) is 23.2 Å². The van der Waals surface area contributed by atoms with E-state index in [1.54, 1.807) is 17.0 Å². The largest absolute Gasteiger partial charge is 0.452 e. The van der Waals surface area contributed by atoms with Crippen molar-refractivity contribution in [2.75, 3.05) is 42.6 Å². The first kappa shape index (κ1) is 22.9. The van der Waals surface area contributed by atoms with Gasteiger partial charge in [0.25, 0.3) is 11.6 Å². The van der Waals surface area contributed by atoms with Gasteiger partial charge in [0.2, 0.25) is 11.8 Å². The third-order valence-electron chi connectivity index (χ3n) is 5.80. The number of esters is 1. The summed E-state index contributed by atoms with van der Waals surface area (Å²) < 4.78 is 5.14. The number of imide groups is 1. The van der Waals surface area contributed by atoms with Crippen molar-refractivity contribution in [3.8, 4) is 0 Å². The van der Waals surface area contributed by atoms with Crippen LogP contribution in [0, 0.1) is 10.1 Å². The van der Waals surface area contributed by atoms with Gasteiger partial charge in [-0.3, -0.25) is 29.4 Å². The van der Waals surface area contributed by atoms with Crippen molar-refractivity contribution in [2.45, 2.75) is 12.8 Å². The number of hydrogen-bond donors (Lipinski definition) is 0. The molecule has 2 fully saturated rings. The first-order chi connectivity index (χ1) is 16.3. The van der Waals surface area contributed by atoms with E-state index in [0.717, 1.165) is 10.6 Å². The summed E-state index contributed by atoms with van der Waals surface area (Å²) >= 11 is 0. The number of nitro benzene ring substituents is 1. The zero-order chi connectivity index (χ0) is 24.2. The molecule has 0 N–H and O–H groups in total. The standard InChI is InChI=1S/C23H22N4O7/c28-20-9-10-21(29)26(20)18-3-1-16(2-4-18)23(31)34-15-22(30)25-13-11-24(12-14-25)17-5-7-19(8-6-17)27(32)33/h1-8H,9-15H2. The summed E-state index contributed by atoms with van der Waals surface area (Å²) in [7, 11) is 0. The molecule has 0 aromatic heterocycles. The van der Waals surface area contributed by atoms with Gasteiger partial charge in [-0.05, 0) is 36.4 Å². The molecule has 11 nitrogen and oxygen atoms in total. The fourth-order valence-corrected chi connectivity index (χ4v) is 3.91. The molecule has 2 saturated heterocycles. The number of piperazine rings is 1. The Morgan fingerprint density at radius 2 is 1.41 bits per heavy atom. The lowest BCUT2D eigenvalue weighted by Crippen LogP contribution is -2.49. The van der Waals surface area contributed by atoms with Crippen LogP contribution in [0.4, 0.5) is 17.1 Å². The minimum atomic E-state index is -0.677. The monoisotopic (exact) mass is 466 g/mol. The first-order valence-electron chi connectivity index (χ1n) is 10.7. The first-order valence-corrected chi connectivity index (χ1v) is 10.7. The normalized spacial score (nSPS) is 16.1. The summed E-state index contributed by atoms with van der Waals surface area (Å²) in [6, 6.07) is 12.1. The van der Waals surface area contributed by atoms with E-state index in [1.165, 1.54) is 36.4 Å². The molecule has 0 saturated carbocycles. The third-order valence-corrected chi connectivity index (χ3v) is 5.80. The number of carbonyl (C=O) groups is 4. The molecule has 2 aromatic carbocycles. The lowest BCUT2D eigenvalue weighted by Gasteiger charge is -2.36. The molecule has 0 aliphatic carbocycles. The van der Waals surface area contributed by atoms with Crippen molar-refractivity contribution >= 4 is 40.8 Å². The van der Waals surface area contributed by atoms with Crippen LogP contribution in [-0.4, -0.2) is 66.3 Å². The Hall–Kier alpha value is -4.28. The number of non-ortho nitro benzene ring substituents is 1. The minimum Gasteiger partial charge on any atom is -0.452 e. The average molecular weight is 466 g/mol. The number of nitrogens with zero attached hydrogens (tertiary/aromatic N) is 4. The number of rotatable bonds is 6. The summed E-state index contributed by atoms with van der Waals surface area (Å²) in [5, 5.41) is 10.8. The van der Waals surface area contributed by atoms with Crippen molar-refractivity contribution in [3.05, 3.63) is 64.2 Å². The molecule has 2 aliphatic rings. The maximum Gasteiger partial charge on any atom is 0.338 e. The van der Waals surface area contributed by atoms with Crippen LogP contribution >= 0.6 is 0 Å². The van der Waals surface area contributed by atoms with E-state index in [4.69, 9.17) is 4.74 Å². The number of hydrogen-bond acceptors (Lipinski definition) is 8. The van der Waals surface area contributed by atoms with E-state index < -0.39 is 17.5 Å². The summed E-state index contributed by atoms with van der Waals surface area (Å²) in [5.74, 6) is -1.55. The van der Waals surface area contributed by atoms with E-state index in [1.807, 2.05) is 4.90 Å². The van der Waals surface area contributed by atoms with Gasteiger partial charge in [-0.25, -0.2) is 4.79 Å². The highest BCUT2D eigenvalue weighted by Crippen LogP contribution is 2.23. The fourth-order valence-electron chi connectivity index (χ4n) is 3.91. The average Bonchev–Trinajstić information content (AvgIpc) is 3.20. The smallest absolute Gasteiger partial charge is 0.338 e. The van der Waals surface area contributed by atoms with Gasteiger partial charge in [0.05, 0.1) is 16.2 Å². The second kappa shape index (κ2) is 9.69. The number of carbonyl (C=O) groups excluding carboxylic acids is 4. The minimum absolute atomic E-state index is 0.0204. The summed E-state index contributed by atoms with van der Waals surface area (Å²) in [6.07, 6.45) is 0.347. The van der Waals surface area contributed by atoms with Gasteiger partial charge in [-0.1, -0.05) is 0 Å². The molecule has 2 heterocycles. The molecule has 0 atom stereocenters. The molecule has 0 bridgehead atoms. The third kappa shape index (κ3) is 4.87. The van der Waals surface area contributed by atoms with Crippen LogP contribution in [-0.2, 0) is 19.1 Å². The zero-order valence-electron chi connectivity index (χ0n) is 18.2. The van der Waals surface area contributed by atoms with Crippen molar-refractivity contribution in [3.63, 3.8) is 0 Å². The summed E-state index contributed by atoms with van der Waals surface area (Å²) in [4.78, 5) is 63.5. The summed E-state index contributed by atoms with van der Waals surface area (Å²) in [6.45, 7) is 1.56. The highest BCUT2D eigenvalue weighted by atomic mass is 16.6. The molecule has 2 aromatic rings. The second-order valence-corrected chi connectivity index (χ2v) is 7.89. The van der Waals surface area contributed by atoms with Crippen LogP contribution in [0.5, 0.6) is 0 Å². The quantitative estimate of drug-likeness (QED) is 0.272. The van der Waals surface area contributed by atoms with Gasteiger partial charge in [0, 0.05) is 56.8 Å². The van der Waals surface area contributed by atoms with Gasteiger partial charge in [0.15, 0.2) is 6.61 Å². The molecule has 0 spiro atoms. The number of anilines is 2. The number of benzene rings is 2. The topological polar surface area (TPSA) is 130 Å². The zero-order valence-corrected chi connectivity index (χ0v) is 18.2. The Morgan fingerprint density at radius 1 is 0.853 bits per heavy atom. The van der Waals surface area contributed by atoms with Crippen LogP contribution in [0.15, 0.2) is 48.5 Å². The van der Waals surface area contributed by atoms with Gasteiger partial charge in [-0.15, -0.1) is 0 Å². The lowest BCUT2D eigenvalue weighted by molar-refractivity contribution is -0.384. The van der Waals surface area contributed by atoms with Crippen molar-refractivity contribution in [1.29, 1.82) is 0 Å². The van der Waals surface area contributed by atoms with Gasteiger partial charge in [-0.2, -0.15) is 0 Å². The predicted octanol–water partition coefficient (Wildman–Crippen LogP) is 1.75. The lowest BCUT2D eigenvalue weighted by atomic mass is 10.2. The molecule has 11 heteroatoms. The highest BCUT2D eigenvalue weighted by Gasteiger charge is 2.30. The number of ether oxygens (including phenoxy) is 1. The van der Waals surface area contributed by atoms with Gasteiger partial charge >= 0.3 is 5.97 Å². The highest BCUT2D eigenvalue weighted by molar-refractivity contribution is 6.19. The Kier molecular flexibility index (Phi) is 6.53. The molecule has 34 heavy (non-hydrogen) atoms. The molecule has 3 amide bonds. The number of nitro groups is 1. The Labute approximate surface area is 194 Å². The molecule has 2 aliphatic heterocycles. The van der Waals surface area contributed by atoms with E-state index in [0.29, 0.717) is 31.9 Å². The van der Waals surface area contributed by atoms with Crippen molar-refractivity contribution in [2.24, 2.45) is 0 Å². The summed E-state index contributed by atoms with van der Waals surface area (Å²) in [5.41, 5.74) is 1.46. The molecular weight excluding hydrogens is 444 g/mol. The Bertz CT molecular complexity index is 1110. The van der Waals surface area contributed by atoms with Crippen LogP contribution in [0.25, 0.3) is 0 Å². The Balaban J connectivity index is 1.25. The van der Waals surface area contributed by atoms with E-state index in [-0.39, 0.29) is 41.8 Å². The van der Waals surface area contributed by atoms with E-state index >= 15 is 0 Å². The maximum absolute atomic E-state index is 12.5. The molecule has 4 rings (SSSR count). The van der Waals surface area contributed by atoms with Crippen molar-refractivity contribution in [1.82, 2.24) is 4.90 Å². The van der Waals surface area contributed by atoms with Crippen molar-refractivity contribution < 1.29 is 28.8 Å². The van der Waals surface area contributed by atoms with E-state index in [9.17, 15) is 29.3 Å². The predicted molar refractivity (Wildman–Crippen MR) is 120 cm³/mol. The maximum atomic E-state index is 12.5. The molecule has 176 valence electrons. The fraction of sp³-hybridized carbons (Fsp3) is 0.304. The van der Waals surface area contributed by atoms with Gasteiger partial charge < -0.3 is 14.5 Å². The Morgan fingerprint density at radius 3 is 1.97 bits per heavy atom. The molecule has 0 unspecified atom stereocenters. The SMILES string of the molecule is O=C(OCC(=O)N1CCN(c2ccc([N+](=O)[O-])cc2)CC1)c1ccc(N2C(=O)CCC2=O)cc1. The van der Waals surface area contributed by atoms with E-state index in [2.05, 4.69) is 0 Å². The number of amides is 3. The second-order valence-electron chi connectivity index (χ2n) is 7.89. The van der Waals surface area contributed by atoms with Gasteiger partial charge in [0.1, 0.15) is 0 Å². The molecular formula is C23H22N4O7. The van der Waals surface area contributed by atoms with Crippen LogP contribution < -0.4 is 9.80 Å². The van der Waals surface area contributed by atoms with Crippen LogP contribution in [0.2, 0.25) is 0 Å². The molecule has 0 radical (unpaired) electrons. The van der Waals surface area contributed by atoms with Crippen LogP contribution in [0.3, 0.4) is 0 Å².